The molecule has 0 saturated carbocycles. The van der Waals surface area contributed by atoms with Gasteiger partial charge in [0.1, 0.15) is 0 Å². The Kier molecular flexibility index (Phi) is 6.61. The quantitative estimate of drug-likeness (QED) is 0.560. The molecule has 1 aliphatic heterocycles. The van der Waals surface area contributed by atoms with Crippen LogP contribution in [-0.2, 0) is 9.84 Å². The van der Waals surface area contributed by atoms with Crippen molar-refractivity contribution in [1.29, 1.82) is 0 Å². The number of rotatable bonds is 6. The first-order valence-electron chi connectivity index (χ1n) is 10.5. The normalized spacial score (nSPS) is 15.3. The summed E-state index contributed by atoms with van der Waals surface area (Å²) in [4.78, 5) is 28.3. The summed E-state index contributed by atoms with van der Waals surface area (Å²) in [6, 6.07) is 5.16. The molecule has 4 rings (SSSR count). The molecule has 2 aromatic heterocycles. The summed E-state index contributed by atoms with van der Waals surface area (Å²) in [6.45, 7) is 3.48. The second kappa shape index (κ2) is 9.44. The highest BCUT2D eigenvalue weighted by atomic mass is 35.5. The topological polar surface area (TPSA) is 123 Å². The van der Waals surface area contributed by atoms with Crippen LogP contribution in [0.5, 0.6) is 0 Å². The third kappa shape index (κ3) is 5.31. The minimum Gasteiger partial charge on any atom is -0.342 e. The highest BCUT2D eigenvalue weighted by Gasteiger charge is 2.25. The van der Waals surface area contributed by atoms with E-state index in [0.29, 0.717) is 17.7 Å². The molecule has 3 aromatic rings. The Hall–Kier alpha value is -3.05. The average molecular weight is 490 g/mol. The van der Waals surface area contributed by atoms with Crippen molar-refractivity contribution in [2.24, 2.45) is 0 Å². The minimum absolute atomic E-state index is 0.0268. The van der Waals surface area contributed by atoms with Crippen molar-refractivity contribution < 1.29 is 13.2 Å². The summed E-state index contributed by atoms with van der Waals surface area (Å²) in [5.41, 5.74) is 0.132. The molecule has 0 spiro atoms. The molecular formula is C21H24ClN7O3S. The van der Waals surface area contributed by atoms with Crippen LogP contribution in [0.4, 0.5) is 5.95 Å². The molecule has 0 radical (unpaired) electrons. The van der Waals surface area contributed by atoms with E-state index in [1.807, 2.05) is 0 Å². The monoisotopic (exact) mass is 489 g/mol. The fourth-order valence-electron chi connectivity index (χ4n) is 3.62. The summed E-state index contributed by atoms with van der Waals surface area (Å²) in [5, 5.41) is 7.63. The van der Waals surface area contributed by atoms with Crippen LogP contribution in [0.3, 0.4) is 0 Å². The van der Waals surface area contributed by atoms with Gasteiger partial charge in [0, 0.05) is 42.3 Å². The second-order valence-corrected chi connectivity index (χ2v) is 10.4. The van der Waals surface area contributed by atoms with Crippen LogP contribution in [0.1, 0.15) is 48.4 Å². The first-order chi connectivity index (χ1) is 15.7. The molecule has 1 N–H and O–H groups in total. The van der Waals surface area contributed by atoms with E-state index in [-0.39, 0.29) is 15.5 Å². The summed E-state index contributed by atoms with van der Waals surface area (Å²) in [6.07, 6.45) is 7.58. The molecule has 1 aromatic carbocycles. The molecule has 10 nitrogen and oxygen atoms in total. The van der Waals surface area contributed by atoms with Crippen LogP contribution in [0, 0.1) is 0 Å². The van der Waals surface area contributed by atoms with E-state index in [9.17, 15) is 13.2 Å². The maximum Gasteiger partial charge on any atom is 0.252 e. The number of benzene rings is 1. The Morgan fingerprint density at radius 2 is 1.79 bits per heavy atom. The number of aromatic nitrogens is 5. The van der Waals surface area contributed by atoms with Crippen LogP contribution >= 0.6 is 11.6 Å². The van der Waals surface area contributed by atoms with Crippen molar-refractivity contribution in [2.45, 2.75) is 37.1 Å². The number of carbonyl (C=O) groups excluding carboxylic acids is 1. The van der Waals surface area contributed by atoms with Crippen molar-refractivity contribution >= 4 is 33.3 Å². The van der Waals surface area contributed by atoms with Crippen LogP contribution in [0.25, 0.3) is 5.95 Å². The van der Waals surface area contributed by atoms with Crippen molar-refractivity contribution in [1.82, 2.24) is 30.0 Å². The third-order valence-electron chi connectivity index (χ3n) is 5.30. The molecule has 1 aliphatic rings. The SMILES string of the molecule is CC(NC(=O)c1cc(Cl)cc(S(C)(=O)=O)c1)c1nc(N2CCCCC2)nn1-c1ncccn1. The molecule has 33 heavy (non-hydrogen) atoms. The Morgan fingerprint density at radius 1 is 1.09 bits per heavy atom. The van der Waals surface area contributed by atoms with E-state index < -0.39 is 21.8 Å². The summed E-state index contributed by atoms with van der Waals surface area (Å²) < 4.78 is 25.4. The summed E-state index contributed by atoms with van der Waals surface area (Å²) >= 11 is 6.06. The third-order valence-corrected chi connectivity index (χ3v) is 6.61. The first kappa shape index (κ1) is 23.1. The number of halogens is 1. The summed E-state index contributed by atoms with van der Waals surface area (Å²) in [7, 11) is -3.53. The maximum atomic E-state index is 13.0. The van der Waals surface area contributed by atoms with E-state index in [1.165, 1.54) is 29.3 Å². The average Bonchev–Trinajstić information content (AvgIpc) is 3.25. The molecule has 12 heteroatoms. The first-order valence-corrected chi connectivity index (χ1v) is 12.8. The zero-order chi connectivity index (χ0) is 23.6. The fourth-order valence-corrected chi connectivity index (χ4v) is 4.60. The van der Waals surface area contributed by atoms with E-state index in [0.717, 1.165) is 32.2 Å². The molecule has 0 bridgehead atoms. The number of hydrogen-bond acceptors (Lipinski definition) is 8. The van der Waals surface area contributed by atoms with Gasteiger partial charge in [0.05, 0.1) is 10.9 Å². The standard InChI is InChI=1S/C21H24ClN7O3S/c1-14(25-19(30)15-11-16(22)13-17(12-15)33(2,31)32)18-26-21(28-9-4-3-5-10-28)27-29(18)20-23-7-6-8-24-20/h6-8,11-14H,3-5,9-10H2,1-2H3,(H,25,30). The Balaban J connectivity index is 1.65. The molecule has 174 valence electrons. The lowest BCUT2D eigenvalue weighted by Crippen LogP contribution is -2.30. The number of sulfone groups is 1. The number of carbonyl (C=O) groups is 1. The summed E-state index contributed by atoms with van der Waals surface area (Å²) in [5.74, 6) is 0.866. The van der Waals surface area contributed by atoms with E-state index >= 15 is 0 Å². The number of piperidine rings is 1. The molecule has 0 aliphatic carbocycles. The predicted molar refractivity (Wildman–Crippen MR) is 123 cm³/mol. The molecule has 3 heterocycles. The smallest absolute Gasteiger partial charge is 0.252 e. The molecule has 1 amide bonds. The van der Waals surface area contributed by atoms with E-state index in [2.05, 4.69) is 25.3 Å². The van der Waals surface area contributed by atoms with Gasteiger partial charge in [-0.3, -0.25) is 4.79 Å². The zero-order valence-electron chi connectivity index (χ0n) is 18.3. The van der Waals surface area contributed by atoms with Gasteiger partial charge < -0.3 is 10.2 Å². The number of hydrogen-bond donors (Lipinski definition) is 1. The lowest BCUT2D eigenvalue weighted by molar-refractivity contribution is 0.0937. The minimum atomic E-state index is -3.53. The predicted octanol–water partition coefficient (Wildman–Crippen LogP) is 2.60. The largest absolute Gasteiger partial charge is 0.342 e. The molecule has 1 atom stereocenters. The second-order valence-electron chi connectivity index (χ2n) is 7.92. The van der Waals surface area contributed by atoms with Gasteiger partial charge >= 0.3 is 0 Å². The van der Waals surface area contributed by atoms with Gasteiger partial charge in [0.2, 0.25) is 5.95 Å². The van der Waals surface area contributed by atoms with Crippen LogP contribution in [0.15, 0.2) is 41.6 Å². The number of anilines is 1. The van der Waals surface area contributed by atoms with Crippen molar-refractivity contribution in [3.63, 3.8) is 0 Å². The molecule has 1 fully saturated rings. The van der Waals surface area contributed by atoms with Crippen molar-refractivity contribution in [3.05, 3.63) is 53.1 Å². The van der Waals surface area contributed by atoms with Gasteiger partial charge in [-0.2, -0.15) is 9.67 Å². The van der Waals surface area contributed by atoms with Gasteiger partial charge in [0.15, 0.2) is 15.7 Å². The van der Waals surface area contributed by atoms with Crippen LogP contribution in [-0.4, -0.2) is 58.4 Å². The Labute approximate surface area is 196 Å². The number of nitrogens with one attached hydrogen (secondary N) is 1. The van der Waals surface area contributed by atoms with Crippen LogP contribution < -0.4 is 10.2 Å². The van der Waals surface area contributed by atoms with Gasteiger partial charge in [0.25, 0.3) is 11.9 Å². The van der Waals surface area contributed by atoms with Gasteiger partial charge in [-0.25, -0.2) is 18.4 Å². The number of amides is 1. The molecule has 1 unspecified atom stereocenters. The van der Waals surface area contributed by atoms with E-state index in [4.69, 9.17) is 16.6 Å². The highest BCUT2D eigenvalue weighted by Crippen LogP contribution is 2.23. The lowest BCUT2D eigenvalue weighted by Gasteiger charge is -2.25. The van der Waals surface area contributed by atoms with Gasteiger partial charge in [-0.15, -0.1) is 5.10 Å². The van der Waals surface area contributed by atoms with E-state index in [1.54, 1.807) is 25.4 Å². The fraction of sp³-hybridized carbons (Fsp3) is 0.381. The molecule has 1 saturated heterocycles. The Morgan fingerprint density at radius 3 is 2.45 bits per heavy atom. The lowest BCUT2D eigenvalue weighted by atomic mass is 10.1. The molecular weight excluding hydrogens is 466 g/mol. The van der Waals surface area contributed by atoms with Crippen LogP contribution in [0.2, 0.25) is 5.02 Å². The van der Waals surface area contributed by atoms with Gasteiger partial charge in [-0.05, 0) is 50.5 Å². The van der Waals surface area contributed by atoms with Gasteiger partial charge in [-0.1, -0.05) is 11.6 Å². The van der Waals surface area contributed by atoms with Crippen molar-refractivity contribution in [3.8, 4) is 5.95 Å². The van der Waals surface area contributed by atoms with Crippen molar-refractivity contribution in [2.75, 3.05) is 24.2 Å². The number of nitrogens with zero attached hydrogens (tertiary/aromatic N) is 6. The zero-order valence-corrected chi connectivity index (χ0v) is 19.8. The highest BCUT2D eigenvalue weighted by molar-refractivity contribution is 7.90. The Bertz CT molecular complexity index is 1260. The maximum absolute atomic E-state index is 13.0.